The SMILES string of the molecule is Cc1nc2ccc(NC(=O)c3cccc(S(=O)(=O)N4CCCC4)c3)cc2s1. The van der Waals surface area contributed by atoms with Crippen LogP contribution in [0.2, 0.25) is 0 Å². The molecule has 1 N–H and O–H groups in total. The van der Waals surface area contributed by atoms with Gasteiger partial charge in [0.05, 0.1) is 20.1 Å². The molecule has 1 aliphatic heterocycles. The van der Waals surface area contributed by atoms with E-state index in [1.165, 1.54) is 16.4 Å². The van der Waals surface area contributed by atoms with Gasteiger partial charge in [0.25, 0.3) is 5.91 Å². The van der Waals surface area contributed by atoms with Crippen molar-refractivity contribution < 1.29 is 13.2 Å². The summed E-state index contributed by atoms with van der Waals surface area (Å²) in [5.74, 6) is -0.339. The molecule has 1 amide bonds. The minimum Gasteiger partial charge on any atom is -0.322 e. The van der Waals surface area contributed by atoms with Crippen molar-refractivity contribution >= 4 is 43.2 Å². The number of anilines is 1. The molecule has 0 saturated carbocycles. The maximum atomic E-state index is 12.7. The Balaban J connectivity index is 1.58. The smallest absolute Gasteiger partial charge is 0.255 e. The Morgan fingerprint density at radius 1 is 1.15 bits per heavy atom. The number of nitrogens with zero attached hydrogens (tertiary/aromatic N) is 2. The molecule has 0 radical (unpaired) electrons. The predicted octanol–water partition coefficient (Wildman–Crippen LogP) is 3.64. The van der Waals surface area contributed by atoms with Gasteiger partial charge >= 0.3 is 0 Å². The van der Waals surface area contributed by atoms with Crippen molar-refractivity contribution in [3.8, 4) is 0 Å². The highest BCUT2D eigenvalue weighted by atomic mass is 32.2. The van der Waals surface area contributed by atoms with E-state index in [1.54, 1.807) is 29.5 Å². The number of rotatable bonds is 4. The molecule has 2 aromatic carbocycles. The van der Waals surface area contributed by atoms with Crippen molar-refractivity contribution in [1.82, 2.24) is 9.29 Å². The van der Waals surface area contributed by atoms with Gasteiger partial charge in [-0.05, 0) is 56.2 Å². The lowest BCUT2D eigenvalue weighted by molar-refractivity contribution is 0.102. The maximum Gasteiger partial charge on any atom is 0.255 e. The third-order valence-corrected chi connectivity index (χ3v) is 7.38. The number of aromatic nitrogens is 1. The molecule has 8 heteroatoms. The Hall–Kier alpha value is -2.29. The molecule has 1 aromatic heterocycles. The van der Waals surface area contributed by atoms with Crippen molar-refractivity contribution in [1.29, 1.82) is 0 Å². The molecule has 27 heavy (non-hydrogen) atoms. The number of hydrogen-bond donors (Lipinski definition) is 1. The van der Waals surface area contributed by atoms with E-state index >= 15 is 0 Å². The van der Waals surface area contributed by atoms with Gasteiger partial charge in [-0.25, -0.2) is 13.4 Å². The molecule has 0 spiro atoms. The number of aryl methyl sites for hydroxylation is 1. The average molecular weight is 402 g/mol. The second-order valence-electron chi connectivity index (χ2n) is 6.51. The molecule has 0 bridgehead atoms. The van der Waals surface area contributed by atoms with Crippen molar-refractivity contribution in [2.24, 2.45) is 0 Å². The van der Waals surface area contributed by atoms with E-state index in [2.05, 4.69) is 10.3 Å². The van der Waals surface area contributed by atoms with Crippen LogP contribution in [0.5, 0.6) is 0 Å². The number of benzene rings is 2. The lowest BCUT2D eigenvalue weighted by Crippen LogP contribution is -2.28. The first-order chi connectivity index (χ1) is 12.9. The standard InChI is InChI=1S/C19H19N3O3S2/c1-13-20-17-8-7-15(12-18(17)26-13)21-19(23)14-5-4-6-16(11-14)27(24,25)22-9-2-3-10-22/h4-8,11-12H,2-3,9-10H2,1H3,(H,21,23). The summed E-state index contributed by atoms with van der Waals surface area (Å²) < 4.78 is 27.9. The Kier molecular flexibility index (Phi) is 4.71. The summed E-state index contributed by atoms with van der Waals surface area (Å²) in [6, 6.07) is 11.7. The van der Waals surface area contributed by atoms with Crippen LogP contribution in [0.15, 0.2) is 47.4 Å². The van der Waals surface area contributed by atoms with Crippen LogP contribution in [0.4, 0.5) is 5.69 Å². The number of sulfonamides is 1. The maximum absolute atomic E-state index is 12.7. The molecule has 0 atom stereocenters. The highest BCUT2D eigenvalue weighted by molar-refractivity contribution is 7.89. The Morgan fingerprint density at radius 2 is 1.93 bits per heavy atom. The number of thiazole rings is 1. The Bertz CT molecular complexity index is 1120. The van der Waals surface area contributed by atoms with E-state index in [-0.39, 0.29) is 10.8 Å². The van der Waals surface area contributed by atoms with Gasteiger partial charge < -0.3 is 5.32 Å². The summed E-state index contributed by atoms with van der Waals surface area (Å²) in [5.41, 5.74) is 1.87. The van der Waals surface area contributed by atoms with E-state index in [9.17, 15) is 13.2 Å². The molecule has 1 saturated heterocycles. The molecule has 6 nitrogen and oxygen atoms in total. The van der Waals surface area contributed by atoms with Crippen molar-refractivity contribution in [3.05, 3.63) is 53.0 Å². The van der Waals surface area contributed by atoms with Gasteiger partial charge in [0.15, 0.2) is 0 Å². The van der Waals surface area contributed by atoms with Gasteiger partial charge in [-0.2, -0.15) is 4.31 Å². The lowest BCUT2D eigenvalue weighted by atomic mass is 10.2. The van der Waals surface area contributed by atoms with Crippen molar-refractivity contribution in [2.45, 2.75) is 24.7 Å². The zero-order valence-electron chi connectivity index (χ0n) is 14.8. The minimum atomic E-state index is -3.55. The summed E-state index contributed by atoms with van der Waals surface area (Å²) in [4.78, 5) is 17.2. The first-order valence-corrected chi connectivity index (χ1v) is 11.0. The highest BCUT2D eigenvalue weighted by Crippen LogP contribution is 2.26. The van der Waals surface area contributed by atoms with Crippen molar-refractivity contribution in [2.75, 3.05) is 18.4 Å². The van der Waals surface area contributed by atoms with E-state index in [1.807, 2.05) is 19.1 Å². The lowest BCUT2D eigenvalue weighted by Gasteiger charge is -2.16. The number of carbonyl (C=O) groups is 1. The van der Waals surface area contributed by atoms with Crippen LogP contribution in [0.3, 0.4) is 0 Å². The molecule has 0 aliphatic carbocycles. The zero-order valence-corrected chi connectivity index (χ0v) is 16.4. The van der Waals surface area contributed by atoms with Crippen LogP contribution in [-0.2, 0) is 10.0 Å². The molecular formula is C19H19N3O3S2. The number of carbonyl (C=O) groups excluding carboxylic acids is 1. The third-order valence-electron chi connectivity index (χ3n) is 4.55. The van der Waals surface area contributed by atoms with E-state index in [0.29, 0.717) is 24.3 Å². The zero-order chi connectivity index (χ0) is 19.0. The van der Waals surface area contributed by atoms with Crippen LogP contribution in [-0.4, -0.2) is 36.7 Å². The van der Waals surface area contributed by atoms with Crippen LogP contribution < -0.4 is 5.32 Å². The fourth-order valence-electron chi connectivity index (χ4n) is 3.20. The number of nitrogens with one attached hydrogen (secondary N) is 1. The first-order valence-electron chi connectivity index (χ1n) is 8.72. The van der Waals surface area contributed by atoms with Crippen LogP contribution in [0.25, 0.3) is 10.2 Å². The Morgan fingerprint density at radius 3 is 2.70 bits per heavy atom. The summed E-state index contributed by atoms with van der Waals surface area (Å²) in [7, 11) is -3.55. The fourth-order valence-corrected chi connectivity index (χ4v) is 5.63. The molecule has 1 aliphatic rings. The van der Waals surface area contributed by atoms with Crippen molar-refractivity contribution in [3.63, 3.8) is 0 Å². The molecule has 4 rings (SSSR count). The molecule has 2 heterocycles. The number of fused-ring (bicyclic) bond motifs is 1. The van der Waals surface area contributed by atoms with E-state index in [0.717, 1.165) is 28.1 Å². The quantitative estimate of drug-likeness (QED) is 0.724. The van der Waals surface area contributed by atoms with Gasteiger partial charge in [-0.1, -0.05) is 6.07 Å². The molecule has 0 unspecified atom stereocenters. The second kappa shape index (κ2) is 7.03. The largest absolute Gasteiger partial charge is 0.322 e. The summed E-state index contributed by atoms with van der Waals surface area (Å²) in [5, 5.41) is 3.81. The van der Waals surface area contributed by atoms with Gasteiger partial charge in [-0.15, -0.1) is 11.3 Å². The number of amides is 1. The summed E-state index contributed by atoms with van der Waals surface area (Å²) in [6.07, 6.45) is 1.75. The topological polar surface area (TPSA) is 79.4 Å². The molecule has 3 aromatic rings. The van der Waals surface area contributed by atoms with Gasteiger partial charge in [0.1, 0.15) is 0 Å². The van der Waals surface area contributed by atoms with E-state index in [4.69, 9.17) is 0 Å². The average Bonchev–Trinajstić information content (AvgIpc) is 3.30. The summed E-state index contributed by atoms with van der Waals surface area (Å²) >= 11 is 1.56. The van der Waals surface area contributed by atoms with E-state index < -0.39 is 10.0 Å². The highest BCUT2D eigenvalue weighted by Gasteiger charge is 2.27. The van der Waals surface area contributed by atoms with Gasteiger partial charge in [0, 0.05) is 24.3 Å². The Labute approximate surface area is 161 Å². The summed E-state index contributed by atoms with van der Waals surface area (Å²) in [6.45, 7) is 3.01. The minimum absolute atomic E-state index is 0.158. The van der Waals surface area contributed by atoms with Gasteiger partial charge in [0.2, 0.25) is 10.0 Å². The van der Waals surface area contributed by atoms with Gasteiger partial charge in [-0.3, -0.25) is 4.79 Å². The van der Waals surface area contributed by atoms with Crippen LogP contribution in [0, 0.1) is 6.92 Å². The molecule has 1 fully saturated rings. The predicted molar refractivity (Wildman–Crippen MR) is 107 cm³/mol. The van der Waals surface area contributed by atoms with Crippen LogP contribution in [0.1, 0.15) is 28.2 Å². The second-order valence-corrected chi connectivity index (χ2v) is 9.68. The number of hydrogen-bond acceptors (Lipinski definition) is 5. The monoisotopic (exact) mass is 401 g/mol. The molecule has 140 valence electrons. The first kappa shape index (κ1) is 18.1. The third kappa shape index (κ3) is 3.60. The normalized spacial score (nSPS) is 15.3. The fraction of sp³-hybridized carbons (Fsp3) is 0.263. The van der Waals surface area contributed by atoms with Crippen LogP contribution >= 0.6 is 11.3 Å². The molecular weight excluding hydrogens is 382 g/mol.